The van der Waals surface area contributed by atoms with E-state index in [0.29, 0.717) is 12.3 Å². The fourth-order valence-corrected chi connectivity index (χ4v) is 1.83. The summed E-state index contributed by atoms with van der Waals surface area (Å²) in [6, 6.07) is 8.40. The maximum Gasteiger partial charge on any atom is 0.269 e. The molecule has 0 aliphatic carbocycles. The molecule has 0 spiro atoms. The van der Waals surface area contributed by atoms with E-state index in [2.05, 4.69) is 10.3 Å². The molecule has 6 heteroatoms. The van der Waals surface area contributed by atoms with Gasteiger partial charge in [0.15, 0.2) is 5.75 Å². The Morgan fingerprint density at radius 2 is 2.20 bits per heavy atom. The molecule has 0 unspecified atom stereocenters. The number of nitro benzene ring substituents is 1. The van der Waals surface area contributed by atoms with Crippen molar-refractivity contribution < 1.29 is 9.66 Å². The van der Waals surface area contributed by atoms with Crippen LogP contribution in [0, 0.1) is 17.0 Å². The van der Waals surface area contributed by atoms with Gasteiger partial charge in [-0.2, -0.15) is 0 Å². The van der Waals surface area contributed by atoms with Crippen molar-refractivity contribution in [1.82, 2.24) is 4.98 Å². The van der Waals surface area contributed by atoms with Gasteiger partial charge >= 0.3 is 0 Å². The second kappa shape index (κ2) is 6.01. The summed E-state index contributed by atoms with van der Waals surface area (Å²) in [5.41, 5.74) is 2.59. The number of non-ortho nitro benzene ring substituents is 1. The van der Waals surface area contributed by atoms with Crippen LogP contribution in [0.5, 0.6) is 5.75 Å². The molecule has 2 aromatic rings. The third-order valence-electron chi connectivity index (χ3n) is 2.83. The molecule has 1 aromatic carbocycles. The van der Waals surface area contributed by atoms with Crippen LogP contribution in [0.2, 0.25) is 0 Å². The van der Waals surface area contributed by atoms with Crippen LogP contribution in [0.15, 0.2) is 36.5 Å². The van der Waals surface area contributed by atoms with Crippen LogP contribution in [0.1, 0.15) is 11.3 Å². The first kappa shape index (κ1) is 13.8. The van der Waals surface area contributed by atoms with Crippen LogP contribution < -0.4 is 10.1 Å². The molecule has 0 amide bonds. The van der Waals surface area contributed by atoms with Gasteiger partial charge in [0.1, 0.15) is 0 Å². The van der Waals surface area contributed by atoms with Crippen LogP contribution in [0.4, 0.5) is 11.4 Å². The zero-order chi connectivity index (χ0) is 14.5. The quantitative estimate of drug-likeness (QED) is 0.669. The SMILES string of the molecule is COc1cnc(C)cc1NCc1cccc([N+](=O)[O-])c1. The van der Waals surface area contributed by atoms with Gasteiger partial charge in [-0.15, -0.1) is 0 Å². The maximum absolute atomic E-state index is 10.7. The Morgan fingerprint density at radius 1 is 1.40 bits per heavy atom. The van der Waals surface area contributed by atoms with Gasteiger partial charge in [-0.1, -0.05) is 12.1 Å². The highest BCUT2D eigenvalue weighted by Gasteiger charge is 2.07. The lowest BCUT2D eigenvalue weighted by molar-refractivity contribution is -0.384. The highest BCUT2D eigenvalue weighted by atomic mass is 16.6. The maximum atomic E-state index is 10.7. The lowest BCUT2D eigenvalue weighted by Crippen LogP contribution is -2.03. The first-order valence-electron chi connectivity index (χ1n) is 6.08. The average molecular weight is 273 g/mol. The summed E-state index contributed by atoms with van der Waals surface area (Å²) in [6.45, 7) is 2.36. The number of aryl methyl sites for hydroxylation is 1. The number of ether oxygens (including phenoxy) is 1. The number of nitrogens with one attached hydrogen (secondary N) is 1. The molecule has 104 valence electrons. The van der Waals surface area contributed by atoms with E-state index in [9.17, 15) is 10.1 Å². The van der Waals surface area contributed by atoms with Crippen LogP contribution >= 0.6 is 0 Å². The molecule has 0 radical (unpaired) electrons. The van der Waals surface area contributed by atoms with Crippen molar-refractivity contribution in [3.63, 3.8) is 0 Å². The molecule has 1 heterocycles. The highest BCUT2D eigenvalue weighted by molar-refractivity contribution is 5.56. The first-order valence-corrected chi connectivity index (χ1v) is 6.08. The Morgan fingerprint density at radius 3 is 2.90 bits per heavy atom. The summed E-state index contributed by atoms with van der Waals surface area (Å²) in [5, 5.41) is 13.9. The fraction of sp³-hybridized carbons (Fsp3) is 0.214. The van der Waals surface area contributed by atoms with Gasteiger partial charge in [0.2, 0.25) is 0 Å². The predicted octanol–water partition coefficient (Wildman–Crippen LogP) is 2.92. The Hall–Kier alpha value is -2.63. The minimum absolute atomic E-state index is 0.0853. The molecule has 20 heavy (non-hydrogen) atoms. The molecule has 0 bridgehead atoms. The minimum Gasteiger partial charge on any atom is -0.493 e. The summed E-state index contributed by atoms with van der Waals surface area (Å²) in [6.07, 6.45) is 1.64. The van der Waals surface area contributed by atoms with E-state index >= 15 is 0 Å². The zero-order valence-corrected chi connectivity index (χ0v) is 11.3. The molecular formula is C14H15N3O3. The Kier molecular flexibility index (Phi) is 4.14. The monoisotopic (exact) mass is 273 g/mol. The predicted molar refractivity (Wildman–Crippen MR) is 75.9 cm³/mol. The second-order valence-corrected chi connectivity index (χ2v) is 4.31. The smallest absolute Gasteiger partial charge is 0.269 e. The molecule has 0 saturated heterocycles. The third-order valence-corrected chi connectivity index (χ3v) is 2.83. The number of anilines is 1. The van der Waals surface area contributed by atoms with Crippen LogP contribution in [0.25, 0.3) is 0 Å². The third kappa shape index (κ3) is 3.23. The van der Waals surface area contributed by atoms with Crippen molar-refractivity contribution >= 4 is 11.4 Å². The van der Waals surface area contributed by atoms with Gasteiger partial charge in [-0.05, 0) is 18.6 Å². The average Bonchev–Trinajstić information content (AvgIpc) is 2.45. The van der Waals surface area contributed by atoms with Gasteiger partial charge in [-0.3, -0.25) is 15.1 Å². The van der Waals surface area contributed by atoms with Gasteiger partial charge in [0.05, 0.1) is 23.9 Å². The van der Waals surface area contributed by atoms with Gasteiger partial charge in [0.25, 0.3) is 5.69 Å². The van der Waals surface area contributed by atoms with E-state index in [1.165, 1.54) is 6.07 Å². The van der Waals surface area contributed by atoms with E-state index in [1.807, 2.05) is 19.1 Å². The summed E-state index contributed by atoms with van der Waals surface area (Å²) in [7, 11) is 1.57. The number of nitrogens with zero attached hydrogens (tertiary/aromatic N) is 2. The van der Waals surface area contributed by atoms with E-state index in [1.54, 1.807) is 25.4 Å². The van der Waals surface area contributed by atoms with E-state index in [-0.39, 0.29) is 5.69 Å². The molecule has 6 nitrogen and oxygen atoms in total. The van der Waals surface area contributed by atoms with Gasteiger partial charge < -0.3 is 10.1 Å². The first-order chi connectivity index (χ1) is 9.60. The Balaban J connectivity index is 2.14. The summed E-state index contributed by atoms with van der Waals surface area (Å²) in [4.78, 5) is 14.5. The standard InChI is InChI=1S/C14H15N3O3/c1-10-6-13(14(20-2)9-15-10)16-8-11-4-3-5-12(7-11)17(18)19/h3-7,9H,8H2,1-2H3,(H,15,16). The number of rotatable bonds is 5. The van der Waals surface area contributed by atoms with Crippen LogP contribution in [-0.4, -0.2) is 17.0 Å². The van der Waals surface area contributed by atoms with Crippen molar-refractivity contribution in [3.8, 4) is 5.75 Å². The molecule has 1 N–H and O–H groups in total. The second-order valence-electron chi connectivity index (χ2n) is 4.31. The molecule has 0 atom stereocenters. The van der Waals surface area contributed by atoms with E-state index < -0.39 is 4.92 Å². The summed E-state index contributed by atoms with van der Waals surface area (Å²) < 4.78 is 5.22. The fourth-order valence-electron chi connectivity index (χ4n) is 1.83. The number of nitro groups is 1. The number of hydrogen-bond donors (Lipinski definition) is 1. The lowest BCUT2D eigenvalue weighted by atomic mass is 10.2. The van der Waals surface area contributed by atoms with E-state index in [0.717, 1.165) is 16.9 Å². The lowest BCUT2D eigenvalue weighted by Gasteiger charge is -2.11. The number of hydrogen-bond acceptors (Lipinski definition) is 5. The van der Waals surface area contributed by atoms with E-state index in [4.69, 9.17) is 4.74 Å². The van der Waals surface area contributed by atoms with Crippen molar-refractivity contribution in [2.45, 2.75) is 13.5 Å². The number of benzene rings is 1. The summed E-state index contributed by atoms with van der Waals surface area (Å²) in [5.74, 6) is 0.640. The largest absolute Gasteiger partial charge is 0.493 e. The van der Waals surface area contributed by atoms with Crippen molar-refractivity contribution in [2.75, 3.05) is 12.4 Å². The minimum atomic E-state index is -0.402. The molecule has 0 aliphatic heterocycles. The number of methoxy groups -OCH3 is 1. The molecule has 2 rings (SSSR count). The van der Waals surface area contributed by atoms with Crippen LogP contribution in [0.3, 0.4) is 0 Å². The van der Waals surface area contributed by atoms with Gasteiger partial charge in [-0.25, -0.2) is 0 Å². The van der Waals surface area contributed by atoms with Gasteiger partial charge in [0, 0.05) is 24.4 Å². The molecule has 1 aromatic heterocycles. The molecular weight excluding hydrogens is 258 g/mol. The Bertz CT molecular complexity index is 629. The molecule has 0 fully saturated rings. The van der Waals surface area contributed by atoms with Crippen molar-refractivity contribution in [1.29, 1.82) is 0 Å². The molecule has 0 saturated carbocycles. The molecule has 0 aliphatic rings. The van der Waals surface area contributed by atoms with Crippen molar-refractivity contribution in [3.05, 3.63) is 57.9 Å². The Labute approximate surface area is 116 Å². The van der Waals surface area contributed by atoms with Crippen molar-refractivity contribution in [2.24, 2.45) is 0 Å². The summed E-state index contributed by atoms with van der Waals surface area (Å²) >= 11 is 0. The number of pyridine rings is 1. The number of aromatic nitrogens is 1. The normalized spacial score (nSPS) is 10.1. The highest BCUT2D eigenvalue weighted by Crippen LogP contribution is 2.24. The zero-order valence-electron chi connectivity index (χ0n) is 11.3. The van der Waals surface area contributed by atoms with Crippen LogP contribution in [-0.2, 0) is 6.54 Å². The topological polar surface area (TPSA) is 77.3 Å².